The lowest BCUT2D eigenvalue weighted by Gasteiger charge is -2.28. The molecule has 0 amide bonds. The number of pyridine rings is 1. The molecule has 0 radical (unpaired) electrons. The fourth-order valence-electron chi connectivity index (χ4n) is 3.11. The Morgan fingerprint density at radius 2 is 1.53 bits per heavy atom. The molecule has 9 nitrogen and oxygen atoms in total. The van der Waals surface area contributed by atoms with Crippen LogP contribution >= 0.6 is 23.2 Å². The molecule has 0 spiro atoms. The average Bonchev–Trinajstić information content (AvgIpc) is 2.80. The Balaban J connectivity index is 0.000000188. The zero-order valence-corrected chi connectivity index (χ0v) is 18.0. The third-order valence-corrected chi connectivity index (χ3v) is 5.54. The molecule has 0 bridgehead atoms. The van der Waals surface area contributed by atoms with Gasteiger partial charge in [-0.25, -0.2) is 0 Å². The van der Waals surface area contributed by atoms with Crippen LogP contribution in [-0.4, -0.2) is 42.9 Å². The Morgan fingerprint density at radius 3 is 2.06 bits per heavy atom. The number of nitrogen functional groups attached to an aromatic ring is 1. The van der Waals surface area contributed by atoms with E-state index in [4.69, 9.17) is 44.2 Å². The molecule has 0 atom stereocenters. The Hall–Kier alpha value is -3.63. The molecule has 1 saturated heterocycles. The fourth-order valence-corrected chi connectivity index (χ4v) is 3.47. The van der Waals surface area contributed by atoms with Crippen molar-refractivity contribution in [1.29, 1.82) is 10.5 Å². The topological polar surface area (TPSA) is 153 Å². The number of ketones is 2. The van der Waals surface area contributed by atoms with Crippen LogP contribution in [0.25, 0.3) is 10.9 Å². The minimum Gasteiger partial charge on any atom is -0.399 e. The van der Waals surface area contributed by atoms with Gasteiger partial charge in [-0.1, -0.05) is 29.3 Å². The number of Topliss-reactive ketones (excluding diaryl/α,β-unsaturated/α-hetero) is 2. The minimum atomic E-state index is -0.893. The molecule has 1 aromatic heterocycles. The zero-order valence-electron chi connectivity index (χ0n) is 16.4. The second kappa shape index (κ2) is 9.67. The van der Waals surface area contributed by atoms with Crippen molar-refractivity contribution in [2.75, 3.05) is 36.9 Å². The molecular weight excluding hydrogens is 457 g/mol. The molecule has 3 N–H and O–H groups in total. The number of ether oxygens (including phenoxy) is 1. The Morgan fingerprint density at radius 1 is 0.969 bits per heavy atom. The molecule has 32 heavy (non-hydrogen) atoms. The van der Waals surface area contributed by atoms with Crippen molar-refractivity contribution in [3.05, 3.63) is 55.8 Å². The number of aromatic amines is 1. The first-order valence-corrected chi connectivity index (χ1v) is 9.98. The first-order valence-electron chi connectivity index (χ1n) is 9.23. The number of benzene rings is 1. The van der Waals surface area contributed by atoms with Crippen molar-refractivity contribution in [2.24, 2.45) is 0 Å². The number of nitrogens with one attached hydrogen (secondary N) is 1. The van der Waals surface area contributed by atoms with E-state index in [0.29, 0.717) is 24.6 Å². The van der Waals surface area contributed by atoms with Crippen LogP contribution in [0.3, 0.4) is 0 Å². The number of carbonyl (C=O) groups is 2. The van der Waals surface area contributed by atoms with Gasteiger partial charge < -0.3 is 20.4 Å². The van der Waals surface area contributed by atoms with Gasteiger partial charge >= 0.3 is 0 Å². The number of H-pyrrole nitrogens is 1. The van der Waals surface area contributed by atoms with E-state index in [0.717, 1.165) is 24.0 Å². The number of nitriles is 2. The third kappa shape index (κ3) is 4.51. The van der Waals surface area contributed by atoms with Crippen LogP contribution in [0.4, 0.5) is 11.4 Å². The van der Waals surface area contributed by atoms with Crippen LogP contribution in [0, 0.1) is 22.7 Å². The first-order chi connectivity index (χ1) is 15.3. The number of anilines is 2. The van der Waals surface area contributed by atoms with Gasteiger partial charge in [0.2, 0.25) is 11.6 Å². The van der Waals surface area contributed by atoms with Gasteiger partial charge in [-0.2, -0.15) is 10.5 Å². The number of hydrogen-bond acceptors (Lipinski definition) is 8. The summed E-state index contributed by atoms with van der Waals surface area (Å²) >= 11 is 10.8. The molecule has 1 aliphatic carbocycles. The molecule has 2 heterocycles. The van der Waals surface area contributed by atoms with Crippen LogP contribution in [-0.2, 0) is 14.3 Å². The van der Waals surface area contributed by atoms with Crippen LogP contribution in [0.15, 0.2) is 50.3 Å². The second-order valence-electron chi connectivity index (χ2n) is 6.69. The number of nitrogens with two attached hydrogens (primary N) is 1. The van der Waals surface area contributed by atoms with Gasteiger partial charge in [-0.05, 0) is 18.2 Å². The van der Waals surface area contributed by atoms with E-state index in [1.807, 2.05) is 18.2 Å². The largest absolute Gasteiger partial charge is 0.399 e. The lowest BCUT2D eigenvalue weighted by molar-refractivity contribution is -0.115. The van der Waals surface area contributed by atoms with Gasteiger partial charge in [-0.15, -0.1) is 0 Å². The van der Waals surface area contributed by atoms with E-state index in [1.165, 1.54) is 12.1 Å². The number of allylic oxidation sites excluding steroid dienone is 4. The van der Waals surface area contributed by atoms with E-state index >= 15 is 0 Å². The third-order valence-electron chi connectivity index (χ3n) is 4.72. The van der Waals surface area contributed by atoms with Crippen LogP contribution in [0.2, 0.25) is 0 Å². The number of hydrogen-bond donors (Lipinski definition) is 2. The van der Waals surface area contributed by atoms with Gasteiger partial charge in [0.15, 0.2) is 0 Å². The van der Waals surface area contributed by atoms with Gasteiger partial charge in [-0.3, -0.25) is 14.4 Å². The molecule has 1 aliphatic heterocycles. The number of halogens is 2. The van der Waals surface area contributed by atoms with Gasteiger partial charge in [0.25, 0.3) is 5.56 Å². The highest BCUT2D eigenvalue weighted by Gasteiger charge is 2.33. The molecule has 162 valence electrons. The highest BCUT2D eigenvalue weighted by molar-refractivity contribution is 6.59. The van der Waals surface area contributed by atoms with E-state index in [1.54, 1.807) is 6.07 Å². The monoisotopic (exact) mass is 471 g/mol. The van der Waals surface area contributed by atoms with Gasteiger partial charge in [0, 0.05) is 24.2 Å². The zero-order chi connectivity index (χ0) is 23.4. The van der Waals surface area contributed by atoms with E-state index < -0.39 is 32.8 Å². The number of rotatable bonds is 1. The summed E-state index contributed by atoms with van der Waals surface area (Å²) in [5, 5.41) is 17.0. The predicted molar refractivity (Wildman–Crippen MR) is 119 cm³/mol. The molecule has 2 aliphatic rings. The molecule has 0 saturated carbocycles. The van der Waals surface area contributed by atoms with E-state index in [9.17, 15) is 14.4 Å². The summed E-state index contributed by atoms with van der Waals surface area (Å²) in [4.78, 5) is 39.4. The van der Waals surface area contributed by atoms with Gasteiger partial charge in [0.05, 0.1) is 18.7 Å². The molecule has 1 aromatic carbocycles. The van der Waals surface area contributed by atoms with E-state index in [2.05, 4.69) is 9.88 Å². The predicted octanol–water partition coefficient (Wildman–Crippen LogP) is 2.12. The highest BCUT2D eigenvalue weighted by Crippen LogP contribution is 2.28. The van der Waals surface area contributed by atoms with Crippen molar-refractivity contribution in [3.63, 3.8) is 0 Å². The molecule has 0 unspecified atom stereocenters. The van der Waals surface area contributed by atoms with Crippen LogP contribution < -0.4 is 16.2 Å². The van der Waals surface area contributed by atoms with Crippen molar-refractivity contribution in [3.8, 4) is 12.1 Å². The summed E-state index contributed by atoms with van der Waals surface area (Å²) in [5.41, 5.74) is 6.64. The maximum Gasteiger partial charge on any atom is 0.271 e. The second-order valence-corrected chi connectivity index (χ2v) is 7.45. The molecule has 1 fully saturated rings. The number of aromatic nitrogens is 1. The normalized spacial score (nSPS) is 16.4. The summed E-state index contributed by atoms with van der Waals surface area (Å²) in [6, 6.07) is 10.3. The average molecular weight is 472 g/mol. The number of fused-ring (bicyclic) bond motifs is 1. The summed E-state index contributed by atoms with van der Waals surface area (Å²) < 4.78 is 5.29. The summed E-state index contributed by atoms with van der Waals surface area (Å²) in [6.07, 6.45) is 0. The molecule has 11 heteroatoms. The Kier molecular flexibility index (Phi) is 6.96. The maximum atomic E-state index is 12.1. The minimum absolute atomic E-state index is 0.0741. The molecule has 4 rings (SSSR count). The molecular formula is C21H15Cl2N5O4. The van der Waals surface area contributed by atoms with Crippen molar-refractivity contribution in [1.82, 2.24) is 4.98 Å². The van der Waals surface area contributed by atoms with Crippen molar-refractivity contribution >= 4 is 57.0 Å². The van der Waals surface area contributed by atoms with Crippen LogP contribution in [0.5, 0.6) is 0 Å². The number of nitrogens with zero attached hydrogens (tertiary/aromatic N) is 3. The Labute approximate surface area is 191 Å². The van der Waals surface area contributed by atoms with E-state index in [-0.39, 0.29) is 5.56 Å². The smallest absolute Gasteiger partial charge is 0.271 e. The Bertz CT molecular complexity index is 1280. The maximum absolute atomic E-state index is 12.1. The first kappa shape index (κ1) is 23.0. The summed E-state index contributed by atoms with van der Waals surface area (Å²) in [5.74, 6) is -1.79. The standard InChI is InChI=1S/C13H15N3O2.C8Cl2N2O2/c14-10-2-1-9-7-12(13(17)15-11(9)8-10)16-3-5-18-6-4-16;9-5-6(10)8(14)4(2-12)3(1-11)7(5)13/h1-2,7-8H,3-6,14H2,(H,15,17);. The SMILES string of the molecule is N#CC1=C(C#N)C(=O)C(Cl)=C(Cl)C1=O.Nc1ccc2cc(N3CCOCC3)c(=O)[nH]c2c1. The number of carbonyl (C=O) groups excluding carboxylic acids is 2. The lowest BCUT2D eigenvalue weighted by Crippen LogP contribution is -2.39. The highest BCUT2D eigenvalue weighted by atomic mass is 35.5. The summed E-state index contributed by atoms with van der Waals surface area (Å²) in [6.45, 7) is 2.84. The van der Waals surface area contributed by atoms with Gasteiger partial charge in [0.1, 0.15) is 39.0 Å². The van der Waals surface area contributed by atoms with Crippen molar-refractivity contribution < 1.29 is 14.3 Å². The quantitative estimate of drug-likeness (QED) is 0.473. The van der Waals surface area contributed by atoms with Crippen molar-refractivity contribution in [2.45, 2.75) is 0 Å². The summed E-state index contributed by atoms with van der Waals surface area (Å²) in [7, 11) is 0. The fraction of sp³-hybridized carbons (Fsp3) is 0.190. The van der Waals surface area contributed by atoms with Crippen LogP contribution in [0.1, 0.15) is 0 Å². The lowest BCUT2D eigenvalue weighted by atomic mass is 9.96. The number of morpholine rings is 1. The molecule has 2 aromatic rings.